The Morgan fingerprint density at radius 3 is 2.45 bits per heavy atom. The first-order valence-electron chi connectivity index (χ1n) is 10.4. The number of hydrogen-bond acceptors (Lipinski definition) is 7. The van der Waals surface area contributed by atoms with E-state index in [1.54, 1.807) is 32.4 Å². The minimum Gasteiger partial charge on any atom is -0.497 e. The summed E-state index contributed by atoms with van der Waals surface area (Å²) in [5.41, 5.74) is 3.50. The van der Waals surface area contributed by atoms with Gasteiger partial charge in [0.25, 0.3) is 5.91 Å². The molecule has 1 fully saturated rings. The average Bonchev–Trinajstić information content (AvgIpc) is 3.44. The first kappa shape index (κ1) is 20.7. The minimum atomic E-state index is -0.646. The molecule has 0 aliphatic carbocycles. The molecule has 3 aromatic rings. The minimum absolute atomic E-state index is 0.213. The van der Waals surface area contributed by atoms with E-state index in [4.69, 9.17) is 14.0 Å². The number of carbonyl (C=O) groups excluding carboxylic acids is 3. The Kier molecular flexibility index (Phi) is 5.08. The molecule has 1 atom stereocenters. The molecule has 0 radical (unpaired) electrons. The van der Waals surface area contributed by atoms with Crippen LogP contribution >= 0.6 is 0 Å². The lowest BCUT2D eigenvalue weighted by Crippen LogP contribution is -2.52. The Hall–Kier alpha value is -4.14. The van der Waals surface area contributed by atoms with E-state index in [-0.39, 0.29) is 18.2 Å². The van der Waals surface area contributed by atoms with Crippen molar-refractivity contribution in [1.29, 1.82) is 0 Å². The van der Waals surface area contributed by atoms with E-state index < -0.39 is 11.9 Å². The molecular weight excluding hydrogens is 426 g/mol. The normalized spacial score (nSPS) is 17.7. The van der Waals surface area contributed by atoms with Crippen LogP contribution in [0.25, 0.3) is 22.6 Å². The Morgan fingerprint density at radius 1 is 1.00 bits per heavy atom. The number of amides is 3. The predicted molar refractivity (Wildman–Crippen MR) is 117 cm³/mol. The quantitative estimate of drug-likeness (QED) is 0.599. The number of rotatable bonds is 5. The second-order valence-corrected chi connectivity index (χ2v) is 7.95. The first-order chi connectivity index (χ1) is 16.0. The number of aromatic nitrogens is 1. The van der Waals surface area contributed by atoms with Crippen molar-refractivity contribution in [3.63, 3.8) is 0 Å². The molecular formula is C24H21N3O6. The van der Waals surface area contributed by atoms with Crippen molar-refractivity contribution >= 4 is 17.7 Å². The monoisotopic (exact) mass is 447 g/mol. The molecule has 2 aliphatic heterocycles. The maximum atomic E-state index is 12.9. The molecule has 1 aromatic heterocycles. The molecule has 5 rings (SSSR count). The molecule has 3 amide bonds. The van der Waals surface area contributed by atoms with E-state index in [9.17, 15) is 14.4 Å². The lowest BCUT2D eigenvalue weighted by atomic mass is 10.0. The van der Waals surface area contributed by atoms with Crippen molar-refractivity contribution in [3.05, 3.63) is 53.6 Å². The number of fused-ring (bicyclic) bond motifs is 1. The first-order valence-corrected chi connectivity index (χ1v) is 10.4. The van der Waals surface area contributed by atoms with Crippen LogP contribution in [0.1, 0.15) is 28.8 Å². The van der Waals surface area contributed by atoms with Crippen molar-refractivity contribution in [2.45, 2.75) is 25.4 Å². The zero-order valence-electron chi connectivity index (χ0n) is 18.1. The summed E-state index contributed by atoms with van der Waals surface area (Å²) in [6.45, 7) is 0.298. The van der Waals surface area contributed by atoms with Crippen molar-refractivity contribution in [1.82, 2.24) is 15.4 Å². The van der Waals surface area contributed by atoms with Crippen LogP contribution < -0.4 is 14.8 Å². The van der Waals surface area contributed by atoms with E-state index in [0.717, 1.165) is 16.7 Å². The zero-order valence-corrected chi connectivity index (χ0v) is 18.1. The van der Waals surface area contributed by atoms with Crippen molar-refractivity contribution in [3.8, 4) is 34.1 Å². The van der Waals surface area contributed by atoms with Crippen LogP contribution in [-0.2, 0) is 16.1 Å². The van der Waals surface area contributed by atoms with Crippen LogP contribution in [0.2, 0.25) is 0 Å². The van der Waals surface area contributed by atoms with Crippen LogP contribution in [0.3, 0.4) is 0 Å². The van der Waals surface area contributed by atoms with Gasteiger partial charge in [-0.3, -0.25) is 19.7 Å². The molecule has 3 heterocycles. The van der Waals surface area contributed by atoms with Crippen LogP contribution in [0.4, 0.5) is 0 Å². The second-order valence-electron chi connectivity index (χ2n) is 7.95. The van der Waals surface area contributed by atoms with Gasteiger partial charge in [-0.2, -0.15) is 0 Å². The van der Waals surface area contributed by atoms with E-state index in [1.807, 2.05) is 24.3 Å². The fraction of sp³-hybridized carbons (Fsp3) is 0.250. The number of piperidine rings is 1. The molecule has 0 spiro atoms. The van der Waals surface area contributed by atoms with Gasteiger partial charge < -0.3 is 18.9 Å². The van der Waals surface area contributed by atoms with E-state index in [2.05, 4.69) is 10.5 Å². The SMILES string of the molecule is COc1cc(OC)cc(-c2cc(-c3ccc4c(c3)CN(C3CCC(=O)NC3=O)C4=O)no2)c1. The molecule has 168 valence electrons. The summed E-state index contributed by atoms with van der Waals surface area (Å²) < 4.78 is 16.2. The molecule has 2 aromatic carbocycles. The third kappa shape index (κ3) is 3.71. The number of benzene rings is 2. The Morgan fingerprint density at radius 2 is 1.76 bits per heavy atom. The van der Waals surface area contributed by atoms with E-state index >= 15 is 0 Å². The average molecular weight is 447 g/mol. The maximum absolute atomic E-state index is 12.9. The highest BCUT2D eigenvalue weighted by Crippen LogP contribution is 2.34. The molecule has 2 aliphatic rings. The van der Waals surface area contributed by atoms with Gasteiger partial charge in [0, 0.05) is 41.8 Å². The third-order valence-corrected chi connectivity index (χ3v) is 5.97. The summed E-state index contributed by atoms with van der Waals surface area (Å²) in [5, 5.41) is 6.50. The molecule has 9 nitrogen and oxygen atoms in total. The van der Waals surface area contributed by atoms with Crippen LogP contribution in [0.5, 0.6) is 11.5 Å². The Bertz CT molecular complexity index is 1260. The number of nitrogens with one attached hydrogen (secondary N) is 1. The van der Waals surface area contributed by atoms with Crippen molar-refractivity contribution in [2.24, 2.45) is 0 Å². The number of methoxy groups -OCH3 is 2. The van der Waals surface area contributed by atoms with Gasteiger partial charge >= 0.3 is 0 Å². The lowest BCUT2D eigenvalue weighted by Gasteiger charge is -2.29. The number of ether oxygens (including phenoxy) is 2. The van der Waals surface area contributed by atoms with Gasteiger partial charge in [-0.1, -0.05) is 11.2 Å². The van der Waals surface area contributed by atoms with Crippen molar-refractivity contribution < 1.29 is 28.4 Å². The maximum Gasteiger partial charge on any atom is 0.255 e. The predicted octanol–water partition coefficient (Wildman–Crippen LogP) is 2.79. The zero-order chi connectivity index (χ0) is 23.1. The van der Waals surface area contributed by atoms with Gasteiger partial charge in [-0.15, -0.1) is 0 Å². The number of carbonyl (C=O) groups is 3. The Balaban J connectivity index is 1.41. The lowest BCUT2D eigenvalue weighted by molar-refractivity contribution is -0.136. The summed E-state index contributed by atoms with van der Waals surface area (Å²) in [7, 11) is 3.16. The summed E-state index contributed by atoms with van der Waals surface area (Å²) in [4.78, 5) is 38.1. The van der Waals surface area contributed by atoms with Gasteiger partial charge in [0.2, 0.25) is 11.8 Å². The number of hydrogen-bond donors (Lipinski definition) is 1. The van der Waals surface area contributed by atoms with Gasteiger partial charge in [-0.05, 0) is 36.2 Å². The highest BCUT2D eigenvalue weighted by atomic mass is 16.5. The highest BCUT2D eigenvalue weighted by Gasteiger charge is 2.39. The summed E-state index contributed by atoms with van der Waals surface area (Å²) >= 11 is 0. The fourth-order valence-electron chi connectivity index (χ4n) is 4.23. The molecule has 1 N–H and O–H groups in total. The summed E-state index contributed by atoms with van der Waals surface area (Å²) in [5.74, 6) is 0.860. The molecule has 0 saturated carbocycles. The molecule has 1 unspecified atom stereocenters. The standard InChI is InChI=1S/C24H21N3O6/c1-31-16-8-14(9-17(10-16)32-2)21-11-19(26-33-21)13-3-4-18-15(7-13)12-27(24(18)30)20-5-6-22(28)25-23(20)29/h3-4,7-11,20H,5-6,12H2,1-2H3,(H,25,28,29). The fourth-order valence-corrected chi connectivity index (χ4v) is 4.23. The Labute approximate surface area is 189 Å². The van der Waals surface area contributed by atoms with Gasteiger partial charge in [0.1, 0.15) is 23.2 Å². The molecule has 33 heavy (non-hydrogen) atoms. The van der Waals surface area contributed by atoms with Crippen LogP contribution in [0.15, 0.2) is 47.0 Å². The highest BCUT2D eigenvalue weighted by molar-refractivity contribution is 6.05. The molecule has 0 bridgehead atoms. The molecule has 1 saturated heterocycles. The number of nitrogens with zero attached hydrogens (tertiary/aromatic N) is 2. The topological polar surface area (TPSA) is 111 Å². The van der Waals surface area contributed by atoms with Crippen LogP contribution in [0, 0.1) is 0 Å². The third-order valence-electron chi connectivity index (χ3n) is 5.97. The van der Waals surface area contributed by atoms with Crippen molar-refractivity contribution in [2.75, 3.05) is 14.2 Å². The largest absolute Gasteiger partial charge is 0.497 e. The molecule has 9 heteroatoms. The van der Waals surface area contributed by atoms with Crippen LogP contribution in [-0.4, -0.2) is 48.0 Å². The summed E-state index contributed by atoms with van der Waals surface area (Å²) in [6, 6.07) is 12.0. The number of imide groups is 1. The van der Waals surface area contributed by atoms with E-state index in [0.29, 0.717) is 41.5 Å². The van der Waals surface area contributed by atoms with Gasteiger partial charge in [0.15, 0.2) is 5.76 Å². The second kappa shape index (κ2) is 8.09. The summed E-state index contributed by atoms with van der Waals surface area (Å²) in [6.07, 6.45) is 0.548. The van der Waals surface area contributed by atoms with Gasteiger partial charge in [-0.25, -0.2) is 0 Å². The van der Waals surface area contributed by atoms with Gasteiger partial charge in [0.05, 0.1) is 14.2 Å². The van der Waals surface area contributed by atoms with E-state index in [1.165, 1.54) is 4.90 Å². The smallest absolute Gasteiger partial charge is 0.255 e.